The molecule has 0 saturated heterocycles. The number of carbonyl (C=O) groups is 2. The summed E-state index contributed by atoms with van der Waals surface area (Å²) in [7, 11) is 0. The zero-order chi connectivity index (χ0) is 18.3. The summed E-state index contributed by atoms with van der Waals surface area (Å²) < 4.78 is 6.00. The molecule has 0 saturated carbocycles. The van der Waals surface area contributed by atoms with E-state index in [-0.39, 0.29) is 18.4 Å². The summed E-state index contributed by atoms with van der Waals surface area (Å²) in [6.07, 6.45) is 1.22. The SMILES string of the molecule is CC(=O)N1C[C@H](C(=O)N2CCCc3cccc(C)c32)Oc2ccccc21. The minimum atomic E-state index is -0.695. The number of para-hydroxylation sites is 3. The maximum Gasteiger partial charge on any atom is 0.269 e. The molecule has 0 aromatic heterocycles. The smallest absolute Gasteiger partial charge is 0.269 e. The molecule has 0 unspecified atom stereocenters. The lowest BCUT2D eigenvalue weighted by molar-refractivity contribution is -0.125. The quantitative estimate of drug-likeness (QED) is 0.794. The highest BCUT2D eigenvalue weighted by molar-refractivity contribution is 6.01. The van der Waals surface area contributed by atoms with Crippen LogP contribution in [0, 0.1) is 6.92 Å². The highest BCUT2D eigenvalue weighted by Crippen LogP contribution is 2.36. The van der Waals surface area contributed by atoms with Crippen LogP contribution >= 0.6 is 0 Å². The molecular weight excluding hydrogens is 328 g/mol. The molecule has 0 aliphatic carbocycles. The molecule has 134 valence electrons. The Hall–Kier alpha value is -2.82. The van der Waals surface area contributed by atoms with Gasteiger partial charge in [-0.15, -0.1) is 0 Å². The highest BCUT2D eigenvalue weighted by atomic mass is 16.5. The van der Waals surface area contributed by atoms with E-state index in [9.17, 15) is 9.59 Å². The number of carbonyl (C=O) groups excluding carboxylic acids is 2. The molecule has 0 spiro atoms. The van der Waals surface area contributed by atoms with E-state index in [0.717, 1.165) is 29.8 Å². The number of aryl methyl sites for hydroxylation is 2. The zero-order valence-electron chi connectivity index (χ0n) is 15.1. The van der Waals surface area contributed by atoms with Gasteiger partial charge in [-0.25, -0.2) is 0 Å². The first kappa shape index (κ1) is 16.6. The number of hydrogen-bond donors (Lipinski definition) is 0. The Bertz CT molecular complexity index is 877. The van der Waals surface area contributed by atoms with Gasteiger partial charge >= 0.3 is 0 Å². The highest BCUT2D eigenvalue weighted by Gasteiger charge is 2.37. The fourth-order valence-corrected chi connectivity index (χ4v) is 3.90. The Morgan fingerprint density at radius 2 is 1.88 bits per heavy atom. The molecule has 26 heavy (non-hydrogen) atoms. The summed E-state index contributed by atoms with van der Waals surface area (Å²) in [5.74, 6) is 0.407. The van der Waals surface area contributed by atoms with Crippen molar-refractivity contribution < 1.29 is 14.3 Å². The number of nitrogens with zero attached hydrogens (tertiary/aromatic N) is 2. The van der Waals surface area contributed by atoms with Crippen LogP contribution < -0.4 is 14.5 Å². The number of rotatable bonds is 1. The van der Waals surface area contributed by atoms with Crippen molar-refractivity contribution in [3.05, 3.63) is 53.6 Å². The van der Waals surface area contributed by atoms with Crippen LogP contribution in [-0.2, 0) is 16.0 Å². The van der Waals surface area contributed by atoms with Crippen LogP contribution in [-0.4, -0.2) is 31.0 Å². The maximum absolute atomic E-state index is 13.3. The van der Waals surface area contributed by atoms with Crippen molar-refractivity contribution in [1.82, 2.24) is 0 Å². The molecule has 4 rings (SSSR count). The van der Waals surface area contributed by atoms with Gasteiger partial charge in [-0.05, 0) is 43.0 Å². The van der Waals surface area contributed by atoms with Gasteiger partial charge in [0.25, 0.3) is 5.91 Å². The molecule has 0 radical (unpaired) electrons. The third-order valence-corrected chi connectivity index (χ3v) is 5.11. The number of benzene rings is 2. The van der Waals surface area contributed by atoms with E-state index in [4.69, 9.17) is 4.74 Å². The molecule has 2 aromatic carbocycles. The predicted octanol–water partition coefficient (Wildman–Crippen LogP) is 3.09. The number of amides is 2. The third-order valence-electron chi connectivity index (χ3n) is 5.11. The fraction of sp³-hybridized carbons (Fsp3) is 0.333. The fourth-order valence-electron chi connectivity index (χ4n) is 3.90. The van der Waals surface area contributed by atoms with Gasteiger partial charge in [0.05, 0.1) is 12.2 Å². The Kier molecular flexibility index (Phi) is 4.15. The molecule has 2 amide bonds. The average Bonchev–Trinajstić information content (AvgIpc) is 2.66. The molecular formula is C21H22N2O3. The first-order chi connectivity index (χ1) is 12.6. The summed E-state index contributed by atoms with van der Waals surface area (Å²) in [5, 5.41) is 0. The van der Waals surface area contributed by atoms with Crippen LogP contribution in [0.3, 0.4) is 0 Å². The molecule has 1 atom stereocenters. The second kappa shape index (κ2) is 6.48. The molecule has 2 aliphatic heterocycles. The van der Waals surface area contributed by atoms with Crippen molar-refractivity contribution in [2.45, 2.75) is 32.8 Å². The van der Waals surface area contributed by atoms with Gasteiger partial charge in [0.2, 0.25) is 5.91 Å². The van der Waals surface area contributed by atoms with Crippen LogP contribution in [0.1, 0.15) is 24.5 Å². The van der Waals surface area contributed by atoms with E-state index >= 15 is 0 Å². The Balaban J connectivity index is 1.68. The van der Waals surface area contributed by atoms with Gasteiger partial charge in [0.1, 0.15) is 5.75 Å². The summed E-state index contributed by atoms with van der Waals surface area (Å²) in [6.45, 7) is 4.47. The van der Waals surface area contributed by atoms with Gasteiger partial charge in [-0.2, -0.15) is 0 Å². The molecule has 2 aliphatic rings. The molecule has 2 aromatic rings. The number of fused-ring (bicyclic) bond motifs is 2. The van der Waals surface area contributed by atoms with Crippen molar-refractivity contribution in [1.29, 1.82) is 0 Å². The molecule has 0 N–H and O–H groups in total. The Morgan fingerprint density at radius 1 is 1.08 bits per heavy atom. The van der Waals surface area contributed by atoms with Crippen molar-refractivity contribution in [2.75, 3.05) is 22.9 Å². The van der Waals surface area contributed by atoms with Gasteiger partial charge in [0, 0.05) is 19.2 Å². The number of ether oxygens (including phenoxy) is 1. The van der Waals surface area contributed by atoms with Crippen molar-refractivity contribution in [3.8, 4) is 5.75 Å². The summed E-state index contributed by atoms with van der Waals surface area (Å²) in [4.78, 5) is 28.9. The first-order valence-electron chi connectivity index (χ1n) is 9.00. The maximum atomic E-state index is 13.3. The minimum Gasteiger partial charge on any atom is -0.476 e. The first-order valence-corrected chi connectivity index (χ1v) is 9.00. The van der Waals surface area contributed by atoms with Crippen molar-refractivity contribution in [2.24, 2.45) is 0 Å². The van der Waals surface area contributed by atoms with Crippen LogP contribution in [0.25, 0.3) is 0 Å². The van der Waals surface area contributed by atoms with E-state index in [0.29, 0.717) is 12.3 Å². The molecule has 0 bridgehead atoms. The lowest BCUT2D eigenvalue weighted by Gasteiger charge is -2.38. The Morgan fingerprint density at radius 3 is 2.69 bits per heavy atom. The number of anilines is 2. The van der Waals surface area contributed by atoms with Crippen molar-refractivity contribution >= 4 is 23.2 Å². The summed E-state index contributed by atoms with van der Waals surface area (Å²) >= 11 is 0. The largest absolute Gasteiger partial charge is 0.476 e. The van der Waals surface area contributed by atoms with E-state index in [2.05, 4.69) is 6.07 Å². The standard InChI is InChI=1S/C21H22N2O3/c1-14-7-5-8-16-9-6-12-22(20(14)16)21(25)19-13-23(15(2)24)17-10-3-4-11-18(17)26-19/h3-5,7-8,10-11,19H,6,9,12-13H2,1-2H3/t19-/m1/s1. The Labute approximate surface area is 153 Å². The molecule has 5 nitrogen and oxygen atoms in total. The van der Waals surface area contributed by atoms with Gasteiger partial charge in [-0.1, -0.05) is 30.3 Å². The van der Waals surface area contributed by atoms with Crippen LogP contribution in [0.15, 0.2) is 42.5 Å². The van der Waals surface area contributed by atoms with Gasteiger partial charge in [0.15, 0.2) is 6.10 Å². The third kappa shape index (κ3) is 2.73. The van der Waals surface area contributed by atoms with Gasteiger partial charge < -0.3 is 14.5 Å². The lowest BCUT2D eigenvalue weighted by Crippen LogP contribution is -2.52. The topological polar surface area (TPSA) is 49.9 Å². The minimum absolute atomic E-state index is 0.0824. The van der Waals surface area contributed by atoms with Crippen molar-refractivity contribution in [3.63, 3.8) is 0 Å². The second-order valence-electron chi connectivity index (χ2n) is 6.88. The summed E-state index contributed by atoms with van der Waals surface area (Å²) in [6, 6.07) is 13.5. The zero-order valence-corrected chi connectivity index (χ0v) is 15.1. The molecule has 0 fully saturated rings. The normalized spacial score (nSPS) is 18.6. The molecule has 5 heteroatoms. The van der Waals surface area contributed by atoms with Crippen LogP contribution in [0.4, 0.5) is 11.4 Å². The monoisotopic (exact) mass is 350 g/mol. The summed E-state index contributed by atoms with van der Waals surface area (Å²) in [5.41, 5.74) is 4.01. The van der Waals surface area contributed by atoms with E-state index in [1.54, 1.807) is 11.0 Å². The number of hydrogen-bond acceptors (Lipinski definition) is 3. The van der Waals surface area contributed by atoms with Crippen LogP contribution in [0.5, 0.6) is 5.75 Å². The van der Waals surface area contributed by atoms with Gasteiger partial charge in [-0.3, -0.25) is 9.59 Å². The average molecular weight is 350 g/mol. The second-order valence-corrected chi connectivity index (χ2v) is 6.88. The predicted molar refractivity (Wildman–Crippen MR) is 101 cm³/mol. The molecule has 2 heterocycles. The van der Waals surface area contributed by atoms with E-state index in [1.165, 1.54) is 12.5 Å². The van der Waals surface area contributed by atoms with E-state index in [1.807, 2.05) is 42.2 Å². The lowest BCUT2D eigenvalue weighted by atomic mass is 9.97. The van der Waals surface area contributed by atoms with Crippen LogP contribution in [0.2, 0.25) is 0 Å². The van der Waals surface area contributed by atoms with E-state index < -0.39 is 6.10 Å².